The van der Waals surface area contributed by atoms with Crippen molar-refractivity contribution in [1.82, 2.24) is 15.4 Å². The van der Waals surface area contributed by atoms with Crippen LogP contribution >= 0.6 is 0 Å². The number of nitrogens with one attached hydrogen (secondary N) is 1. The van der Waals surface area contributed by atoms with Gasteiger partial charge >= 0.3 is 18.0 Å². The van der Waals surface area contributed by atoms with E-state index in [-0.39, 0.29) is 23.6 Å². The Morgan fingerprint density at radius 2 is 2.08 bits per heavy atom. The molecule has 0 amide bonds. The standard InChI is InChI=1S/C12H9F3N4O5/c1-2-23-11(20)10-9(16-18-17-10)6-3-4-8(24-12(13,14)15)7(5-6)19(21)22/h3-5H,2H2,1H3,(H,16,17,18). The van der Waals surface area contributed by atoms with Crippen LogP contribution in [0.15, 0.2) is 18.2 Å². The fourth-order valence-electron chi connectivity index (χ4n) is 1.79. The van der Waals surface area contributed by atoms with E-state index in [0.717, 1.165) is 18.2 Å². The van der Waals surface area contributed by atoms with E-state index in [9.17, 15) is 28.1 Å². The summed E-state index contributed by atoms with van der Waals surface area (Å²) in [5.41, 5.74) is -1.30. The van der Waals surface area contributed by atoms with Gasteiger partial charge in [-0.3, -0.25) is 10.1 Å². The predicted molar refractivity (Wildman–Crippen MR) is 71.1 cm³/mol. The number of carbonyl (C=O) groups excluding carboxylic acids is 1. The number of alkyl halides is 3. The highest BCUT2D eigenvalue weighted by Crippen LogP contribution is 2.35. The smallest absolute Gasteiger partial charge is 0.461 e. The normalized spacial score (nSPS) is 11.2. The molecule has 9 nitrogen and oxygen atoms in total. The van der Waals surface area contributed by atoms with E-state index in [4.69, 9.17) is 4.74 Å². The maximum Gasteiger partial charge on any atom is 0.573 e. The predicted octanol–water partition coefficient (Wildman–Crippen LogP) is 2.46. The fourth-order valence-corrected chi connectivity index (χ4v) is 1.79. The van der Waals surface area contributed by atoms with Gasteiger partial charge in [0.05, 0.1) is 11.5 Å². The van der Waals surface area contributed by atoms with Gasteiger partial charge in [-0.25, -0.2) is 4.79 Å². The van der Waals surface area contributed by atoms with E-state index in [2.05, 4.69) is 20.1 Å². The molecule has 12 heteroatoms. The largest absolute Gasteiger partial charge is 0.573 e. The van der Waals surface area contributed by atoms with Crippen molar-refractivity contribution in [1.29, 1.82) is 0 Å². The maximum absolute atomic E-state index is 12.3. The van der Waals surface area contributed by atoms with Crippen molar-refractivity contribution < 1.29 is 32.4 Å². The summed E-state index contributed by atoms with van der Waals surface area (Å²) in [7, 11) is 0. The van der Waals surface area contributed by atoms with E-state index in [1.807, 2.05) is 0 Å². The highest BCUT2D eigenvalue weighted by Gasteiger charge is 2.34. The molecule has 0 aliphatic heterocycles. The second-order valence-corrected chi connectivity index (χ2v) is 4.23. The molecule has 0 saturated carbocycles. The van der Waals surface area contributed by atoms with Gasteiger partial charge in [0, 0.05) is 11.6 Å². The Bertz CT molecular complexity index is 774. The molecule has 2 rings (SSSR count). The van der Waals surface area contributed by atoms with Crippen LogP contribution in [0.4, 0.5) is 18.9 Å². The summed E-state index contributed by atoms with van der Waals surface area (Å²) in [4.78, 5) is 21.6. The molecule has 0 saturated heterocycles. The monoisotopic (exact) mass is 346 g/mol. The average molecular weight is 346 g/mol. The lowest BCUT2D eigenvalue weighted by atomic mass is 10.1. The number of halogens is 3. The minimum absolute atomic E-state index is 0.00646. The molecule has 0 fully saturated rings. The lowest BCUT2D eigenvalue weighted by Crippen LogP contribution is -2.18. The fraction of sp³-hybridized carbons (Fsp3) is 0.250. The number of ether oxygens (including phenoxy) is 2. The van der Waals surface area contributed by atoms with Gasteiger partial charge in [-0.05, 0) is 19.1 Å². The van der Waals surface area contributed by atoms with Gasteiger partial charge in [0.1, 0.15) is 5.69 Å². The molecule has 0 spiro atoms. The van der Waals surface area contributed by atoms with E-state index in [1.54, 1.807) is 6.92 Å². The Morgan fingerprint density at radius 1 is 1.38 bits per heavy atom. The van der Waals surface area contributed by atoms with Gasteiger partial charge in [-0.2, -0.15) is 10.3 Å². The number of nitrogens with zero attached hydrogens (tertiary/aromatic N) is 3. The lowest BCUT2D eigenvalue weighted by molar-refractivity contribution is -0.388. The Hall–Kier alpha value is -3.18. The topological polar surface area (TPSA) is 120 Å². The van der Waals surface area contributed by atoms with Gasteiger partial charge < -0.3 is 9.47 Å². The van der Waals surface area contributed by atoms with E-state index >= 15 is 0 Å². The van der Waals surface area contributed by atoms with Crippen molar-refractivity contribution in [3.05, 3.63) is 34.0 Å². The van der Waals surface area contributed by atoms with Gasteiger partial charge in [0.25, 0.3) is 0 Å². The van der Waals surface area contributed by atoms with Gasteiger partial charge in [0.15, 0.2) is 5.69 Å². The average Bonchev–Trinajstić information content (AvgIpc) is 2.95. The Balaban J connectivity index is 2.47. The number of hydrogen-bond acceptors (Lipinski definition) is 7. The summed E-state index contributed by atoms with van der Waals surface area (Å²) in [6.45, 7) is 1.62. The SMILES string of the molecule is CCOC(=O)c1n[nH]nc1-c1ccc(OC(F)(F)F)c([N+](=O)[O-])c1. The minimum atomic E-state index is -5.09. The highest BCUT2D eigenvalue weighted by molar-refractivity contribution is 5.94. The summed E-state index contributed by atoms with van der Waals surface area (Å²) in [5, 5.41) is 20.4. The van der Waals surface area contributed by atoms with E-state index in [1.165, 1.54) is 0 Å². The van der Waals surface area contributed by atoms with Crippen LogP contribution in [-0.2, 0) is 4.74 Å². The van der Waals surface area contributed by atoms with Crippen LogP contribution in [0.5, 0.6) is 5.75 Å². The second kappa shape index (κ2) is 6.52. The molecular weight excluding hydrogens is 337 g/mol. The van der Waals surface area contributed by atoms with Crippen LogP contribution in [-0.4, -0.2) is 39.3 Å². The van der Waals surface area contributed by atoms with Crippen molar-refractivity contribution in [3.8, 4) is 17.0 Å². The van der Waals surface area contributed by atoms with Gasteiger partial charge in [-0.1, -0.05) is 0 Å². The molecule has 1 aromatic heterocycles. The molecule has 0 bridgehead atoms. The van der Waals surface area contributed by atoms with Gasteiger partial charge in [-0.15, -0.1) is 18.3 Å². The molecule has 128 valence electrons. The molecule has 0 aliphatic carbocycles. The molecule has 1 aromatic carbocycles. The Kier molecular flexibility index (Phi) is 4.66. The van der Waals surface area contributed by atoms with Crippen LogP contribution in [0, 0.1) is 10.1 Å². The van der Waals surface area contributed by atoms with Crippen molar-refractivity contribution in [2.24, 2.45) is 0 Å². The molecule has 0 radical (unpaired) electrons. The van der Waals surface area contributed by atoms with Crippen LogP contribution in [0.3, 0.4) is 0 Å². The Morgan fingerprint density at radius 3 is 2.67 bits per heavy atom. The first-order valence-electron chi connectivity index (χ1n) is 6.35. The van der Waals surface area contributed by atoms with E-state index < -0.39 is 28.7 Å². The van der Waals surface area contributed by atoms with Crippen LogP contribution < -0.4 is 4.74 Å². The third kappa shape index (κ3) is 3.77. The van der Waals surface area contributed by atoms with Crippen LogP contribution in [0.25, 0.3) is 11.3 Å². The first kappa shape index (κ1) is 17.2. The number of esters is 1. The van der Waals surface area contributed by atoms with Crippen molar-refractivity contribution >= 4 is 11.7 Å². The number of rotatable bonds is 5. The number of H-pyrrole nitrogens is 1. The molecule has 24 heavy (non-hydrogen) atoms. The summed E-state index contributed by atoms with van der Waals surface area (Å²) >= 11 is 0. The zero-order valence-corrected chi connectivity index (χ0v) is 12.0. The summed E-state index contributed by atoms with van der Waals surface area (Å²) in [5.74, 6) is -1.82. The first-order valence-corrected chi connectivity index (χ1v) is 6.35. The summed E-state index contributed by atoms with van der Waals surface area (Å²) in [6.07, 6.45) is -5.09. The van der Waals surface area contributed by atoms with Crippen molar-refractivity contribution in [2.75, 3.05) is 6.61 Å². The first-order chi connectivity index (χ1) is 11.2. The Labute approximate surface area is 131 Å². The molecule has 2 aromatic rings. The molecule has 1 heterocycles. The number of nitro groups is 1. The zero-order valence-electron chi connectivity index (χ0n) is 12.0. The highest BCUT2D eigenvalue weighted by atomic mass is 19.4. The number of aromatic nitrogens is 3. The van der Waals surface area contributed by atoms with Crippen LogP contribution in [0.1, 0.15) is 17.4 Å². The summed E-state index contributed by atoms with van der Waals surface area (Å²) < 4.78 is 45.2. The lowest BCUT2D eigenvalue weighted by Gasteiger charge is -2.09. The number of benzene rings is 1. The zero-order chi connectivity index (χ0) is 17.9. The quantitative estimate of drug-likeness (QED) is 0.501. The number of carbonyl (C=O) groups is 1. The van der Waals surface area contributed by atoms with E-state index in [0.29, 0.717) is 0 Å². The van der Waals surface area contributed by atoms with Gasteiger partial charge in [0.2, 0.25) is 5.75 Å². The number of aromatic amines is 1. The number of nitro benzene ring substituents is 1. The van der Waals surface area contributed by atoms with Crippen LogP contribution in [0.2, 0.25) is 0 Å². The second-order valence-electron chi connectivity index (χ2n) is 4.23. The molecule has 1 N–H and O–H groups in total. The third-order valence-electron chi connectivity index (χ3n) is 2.67. The summed E-state index contributed by atoms with van der Waals surface area (Å²) in [6, 6.07) is 2.63. The minimum Gasteiger partial charge on any atom is -0.461 e. The third-order valence-corrected chi connectivity index (χ3v) is 2.67. The van der Waals surface area contributed by atoms with Crippen molar-refractivity contribution in [3.63, 3.8) is 0 Å². The molecular formula is C12H9F3N4O5. The number of hydrogen-bond donors (Lipinski definition) is 1. The molecule has 0 aliphatic rings. The maximum atomic E-state index is 12.3. The van der Waals surface area contributed by atoms with Crippen molar-refractivity contribution in [2.45, 2.75) is 13.3 Å². The molecule has 0 atom stereocenters. The molecule has 0 unspecified atom stereocenters.